The van der Waals surface area contributed by atoms with Crippen LogP contribution < -0.4 is 4.90 Å². The van der Waals surface area contributed by atoms with Gasteiger partial charge < -0.3 is 9.80 Å². The number of piperazine rings is 1. The molecule has 0 atom stereocenters. The quantitative estimate of drug-likeness (QED) is 0.673. The molecule has 0 spiro atoms. The molecule has 3 heterocycles. The number of sulfonamides is 1. The lowest BCUT2D eigenvalue weighted by molar-refractivity contribution is 0.0757. The molecule has 1 amide bonds. The number of hydrogen-bond donors (Lipinski definition) is 0. The van der Waals surface area contributed by atoms with Crippen LogP contribution in [0.1, 0.15) is 41.6 Å². The fourth-order valence-electron chi connectivity index (χ4n) is 4.46. The van der Waals surface area contributed by atoms with Gasteiger partial charge in [-0.1, -0.05) is 30.5 Å². The summed E-state index contributed by atoms with van der Waals surface area (Å²) in [6.07, 6.45) is 5.61. The predicted octanol–water partition coefficient (Wildman–Crippen LogP) is 2.91. The van der Waals surface area contributed by atoms with Crippen LogP contribution in [0.5, 0.6) is 0 Å². The summed E-state index contributed by atoms with van der Waals surface area (Å²) >= 11 is 6.16. The summed E-state index contributed by atoms with van der Waals surface area (Å²) in [5, 5.41) is 4.73. The third-order valence-corrected chi connectivity index (χ3v) is 8.32. The van der Waals surface area contributed by atoms with E-state index in [4.69, 9.17) is 11.6 Å². The minimum Gasteiger partial charge on any atom is -0.369 e. The average Bonchev–Trinajstić information content (AvgIpc) is 2.99. The van der Waals surface area contributed by atoms with E-state index < -0.39 is 10.0 Å². The van der Waals surface area contributed by atoms with E-state index in [9.17, 15) is 13.2 Å². The lowest BCUT2D eigenvalue weighted by atomic mass is 10.1. The Morgan fingerprint density at radius 2 is 1.66 bits per heavy atom. The Morgan fingerprint density at radius 1 is 1.00 bits per heavy atom. The summed E-state index contributed by atoms with van der Waals surface area (Å²) in [6, 6.07) is 5.73. The minimum absolute atomic E-state index is 0.137. The summed E-state index contributed by atoms with van der Waals surface area (Å²) in [5.41, 5.74) is 2.28. The van der Waals surface area contributed by atoms with Crippen LogP contribution in [0, 0.1) is 6.92 Å². The molecule has 0 bridgehead atoms. The van der Waals surface area contributed by atoms with Crippen molar-refractivity contribution in [3.8, 4) is 0 Å². The van der Waals surface area contributed by atoms with E-state index in [1.807, 2.05) is 25.1 Å². The third kappa shape index (κ3) is 4.65. The Morgan fingerprint density at radius 3 is 2.31 bits per heavy atom. The summed E-state index contributed by atoms with van der Waals surface area (Å²) in [7, 11) is -2.24. The zero-order valence-corrected chi connectivity index (χ0v) is 20.2. The maximum atomic E-state index is 13.5. The molecule has 10 heteroatoms. The molecular formula is C22H30ClN5O3S. The Balaban J connectivity index is 1.53. The van der Waals surface area contributed by atoms with Gasteiger partial charge in [0.2, 0.25) is 5.03 Å². The molecule has 2 aromatic rings. The number of carbonyl (C=O) groups excluding carboxylic acids is 1. The molecule has 0 aliphatic carbocycles. The van der Waals surface area contributed by atoms with Crippen molar-refractivity contribution in [2.45, 2.75) is 37.6 Å². The van der Waals surface area contributed by atoms with Crippen LogP contribution in [0.2, 0.25) is 5.02 Å². The maximum Gasteiger partial charge on any atom is 0.263 e. The van der Waals surface area contributed by atoms with E-state index in [0.717, 1.165) is 36.9 Å². The first kappa shape index (κ1) is 23.1. The first-order chi connectivity index (χ1) is 15.3. The Kier molecular flexibility index (Phi) is 6.78. The number of hydrogen-bond acceptors (Lipinski definition) is 5. The lowest BCUT2D eigenvalue weighted by Crippen LogP contribution is -2.49. The van der Waals surface area contributed by atoms with Crippen LogP contribution in [0.25, 0.3) is 0 Å². The second kappa shape index (κ2) is 9.41. The normalized spacial score (nSPS) is 18.6. The molecule has 2 saturated heterocycles. The monoisotopic (exact) mass is 479 g/mol. The molecule has 32 heavy (non-hydrogen) atoms. The number of carbonyl (C=O) groups is 1. The van der Waals surface area contributed by atoms with Crippen LogP contribution in [-0.4, -0.2) is 72.6 Å². The Bertz CT molecular complexity index is 1080. The summed E-state index contributed by atoms with van der Waals surface area (Å²) in [5.74, 6) is -0.244. The third-order valence-electron chi connectivity index (χ3n) is 6.25. The second-order valence-electron chi connectivity index (χ2n) is 8.55. The van der Waals surface area contributed by atoms with E-state index in [1.54, 1.807) is 11.9 Å². The van der Waals surface area contributed by atoms with Crippen molar-refractivity contribution in [1.29, 1.82) is 0 Å². The van der Waals surface area contributed by atoms with E-state index in [0.29, 0.717) is 44.3 Å². The first-order valence-electron chi connectivity index (χ1n) is 11.1. The lowest BCUT2D eigenvalue weighted by Gasteiger charge is -2.36. The molecule has 4 rings (SSSR count). The number of aromatic nitrogens is 2. The molecule has 0 radical (unpaired) electrons. The van der Waals surface area contributed by atoms with Gasteiger partial charge in [0.15, 0.2) is 0 Å². The van der Waals surface area contributed by atoms with Gasteiger partial charge in [0.1, 0.15) is 0 Å². The zero-order valence-electron chi connectivity index (χ0n) is 18.6. The molecule has 2 aliphatic rings. The van der Waals surface area contributed by atoms with Gasteiger partial charge >= 0.3 is 0 Å². The maximum absolute atomic E-state index is 13.5. The molecule has 8 nitrogen and oxygen atoms in total. The first-order valence-corrected chi connectivity index (χ1v) is 12.9. The van der Waals surface area contributed by atoms with Crippen LogP contribution in [0.15, 0.2) is 29.4 Å². The van der Waals surface area contributed by atoms with Gasteiger partial charge in [0, 0.05) is 63.2 Å². The molecule has 0 N–H and O–H groups in total. The van der Waals surface area contributed by atoms with Crippen LogP contribution >= 0.6 is 11.6 Å². The van der Waals surface area contributed by atoms with Crippen molar-refractivity contribution in [3.63, 3.8) is 0 Å². The average molecular weight is 480 g/mol. The van der Waals surface area contributed by atoms with Crippen molar-refractivity contribution in [2.24, 2.45) is 7.05 Å². The van der Waals surface area contributed by atoms with Crippen LogP contribution in [0.4, 0.5) is 5.69 Å². The number of likely N-dealkylation sites (tertiary alicyclic amines) is 1. The van der Waals surface area contributed by atoms with Gasteiger partial charge in [-0.05, 0) is 37.5 Å². The summed E-state index contributed by atoms with van der Waals surface area (Å²) in [4.78, 5) is 17.1. The molecule has 1 aromatic heterocycles. The topological polar surface area (TPSA) is 78.8 Å². The molecule has 2 fully saturated rings. The van der Waals surface area contributed by atoms with Crippen LogP contribution in [-0.2, 0) is 17.1 Å². The van der Waals surface area contributed by atoms with Crippen molar-refractivity contribution in [3.05, 3.63) is 40.5 Å². The van der Waals surface area contributed by atoms with E-state index in [1.165, 1.54) is 15.2 Å². The van der Waals surface area contributed by atoms with E-state index in [2.05, 4.69) is 10.00 Å². The predicted molar refractivity (Wildman–Crippen MR) is 125 cm³/mol. The Labute approximate surface area is 194 Å². The summed E-state index contributed by atoms with van der Waals surface area (Å²) < 4.78 is 29.8. The standard InChI is InChI=1S/C22H30ClN5O3S/c1-17-7-8-18(23)15-20(17)26-11-13-28(14-12-26)32(30,31)21-19(16-25(2)24-21)22(29)27-9-5-3-4-6-10-27/h7-8,15-16H,3-6,9-14H2,1-2H3. The number of benzene rings is 1. The van der Waals surface area contributed by atoms with Gasteiger partial charge in [-0.3, -0.25) is 9.48 Å². The molecule has 0 unspecified atom stereocenters. The molecule has 0 saturated carbocycles. The van der Waals surface area contributed by atoms with Crippen LogP contribution in [0.3, 0.4) is 0 Å². The number of anilines is 1. The largest absolute Gasteiger partial charge is 0.369 e. The van der Waals surface area contributed by atoms with Gasteiger partial charge in [-0.2, -0.15) is 9.40 Å². The molecule has 1 aromatic carbocycles. The number of rotatable bonds is 4. The fraction of sp³-hybridized carbons (Fsp3) is 0.545. The number of halogens is 1. The van der Waals surface area contributed by atoms with Gasteiger partial charge in [-0.25, -0.2) is 8.42 Å². The SMILES string of the molecule is Cc1ccc(Cl)cc1N1CCN(S(=O)(=O)c2nn(C)cc2C(=O)N2CCCCCC2)CC1. The highest BCUT2D eigenvalue weighted by molar-refractivity contribution is 7.89. The number of aryl methyl sites for hydroxylation is 2. The Hall–Kier alpha value is -2.10. The van der Waals surface area contributed by atoms with E-state index >= 15 is 0 Å². The smallest absolute Gasteiger partial charge is 0.263 e. The zero-order chi connectivity index (χ0) is 22.9. The minimum atomic E-state index is -3.89. The van der Waals surface area contributed by atoms with Gasteiger partial charge in [0.25, 0.3) is 15.9 Å². The molecule has 2 aliphatic heterocycles. The highest BCUT2D eigenvalue weighted by Gasteiger charge is 2.36. The highest BCUT2D eigenvalue weighted by atomic mass is 35.5. The number of nitrogens with zero attached hydrogens (tertiary/aromatic N) is 5. The highest BCUT2D eigenvalue weighted by Crippen LogP contribution is 2.27. The molecule has 174 valence electrons. The molecular weight excluding hydrogens is 450 g/mol. The number of amides is 1. The van der Waals surface area contributed by atoms with Gasteiger partial charge in [-0.15, -0.1) is 0 Å². The van der Waals surface area contributed by atoms with E-state index in [-0.39, 0.29) is 16.5 Å². The van der Waals surface area contributed by atoms with Crippen molar-refractivity contribution >= 4 is 33.2 Å². The fourth-order valence-corrected chi connectivity index (χ4v) is 6.17. The summed E-state index contributed by atoms with van der Waals surface area (Å²) in [6.45, 7) is 5.06. The second-order valence-corrected chi connectivity index (χ2v) is 10.8. The van der Waals surface area contributed by atoms with Crippen molar-refractivity contribution in [2.75, 3.05) is 44.2 Å². The van der Waals surface area contributed by atoms with Crippen molar-refractivity contribution in [1.82, 2.24) is 19.0 Å². The van der Waals surface area contributed by atoms with Gasteiger partial charge in [0.05, 0.1) is 5.56 Å². The van der Waals surface area contributed by atoms with Crippen molar-refractivity contribution < 1.29 is 13.2 Å².